The minimum Gasteiger partial charge on any atom is -0.450 e. The fourth-order valence-electron chi connectivity index (χ4n) is 0.170. The van der Waals surface area contributed by atoms with Gasteiger partial charge >= 0.3 is 6.16 Å². The molecule has 0 aromatic rings. The Balaban J connectivity index is 0.000000148. The van der Waals surface area contributed by atoms with E-state index in [0.717, 1.165) is 0 Å². The van der Waals surface area contributed by atoms with E-state index >= 15 is 0 Å². The van der Waals surface area contributed by atoms with Crippen molar-refractivity contribution in [2.45, 2.75) is 0 Å². The lowest BCUT2D eigenvalue weighted by atomic mass is 11.0. The monoisotopic (exact) mass is 186 g/mol. The van der Waals surface area contributed by atoms with E-state index in [4.69, 9.17) is 15.0 Å². The van der Waals surface area contributed by atoms with Gasteiger partial charge < -0.3 is 10.2 Å². The zero-order valence-corrected chi connectivity index (χ0v) is 6.89. The third-order valence-electron chi connectivity index (χ3n) is 0.346. The molecule has 0 bridgehead atoms. The Labute approximate surface area is 64.4 Å². The van der Waals surface area contributed by atoms with Crippen LogP contribution in [0.3, 0.4) is 0 Å². The van der Waals surface area contributed by atoms with Gasteiger partial charge in [0, 0.05) is 11.5 Å². The van der Waals surface area contributed by atoms with Gasteiger partial charge in [-0.15, -0.1) is 0 Å². The first-order chi connectivity index (χ1) is 4.23. The van der Waals surface area contributed by atoms with Crippen LogP contribution < -0.4 is 0 Å². The predicted octanol–water partition coefficient (Wildman–Crippen LogP) is 2.25. The van der Waals surface area contributed by atoms with Crippen LogP contribution in [0.1, 0.15) is 0 Å². The zero-order valence-electron chi connectivity index (χ0n) is 4.44. The van der Waals surface area contributed by atoms with E-state index in [2.05, 4.69) is 0 Å². The quantitative estimate of drug-likeness (QED) is 0.566. The first-order valence-corrected chi connectivity index (χ1v) is 5.88. The first-order valence-electron chi connectivity index (χ1n) is 2.06. The lowest BCUT2D eigenvalue weighted by Crippen LogP contribution is -1.81. The van der Waals surface area contributed by atoms with E-state index in [1.807, 2.05) is 31.4 Å². The van der Waals surface area contributed by atoms with E-state index in [9.17, 15) is 0 Å². The lowest BCUT2D eigenvalue weighted by molar-refractivity contribution is 0.137. The predicted molar refractivity (Wildman–Crippen MR) is 43.2 cm³/mol. The number of hydrogen-bond donors (Lipinski definition) is 2. The summed E-state index contributed by atoms with van der Waals surface area (Å²) in [5.74, 6) is 2.69. The van der Waals surface area contributed by atoms with Crippen molar-refractivity contribution >= 4 is 37.6 Å². The Morgan fingerprint density at radius 3 is 1.67 bits per heavy atom. The third kappa shape index (κ3) is 11.7. The molecule has 0 atom stereocenters. The number of hydrogen-bond acceptors (Lipinski definition) is 4. The molecule has 9 heavy (non-hydrogen) atoms. The van der Waals surface area contributed by atoms with Gasteiger partial charge in [0.15, 0.2) is 0 Å². The fraction of sp³-hybridized carbons (Fsp3) is 0.667. The van der Waals surface area contributed by atoms with E-state index < -0.39 is 6.16 Å². The average Bonchev–Trinajstić information content (AvgIpc) is 2.11. The summed E-state index contributed by atoms with van der Waals surface area (Å²) in [6, 6.07) is 0. The van der Waals surface area contributed by atoms with Crippen molar-refractivity contribution in [3.05, 3.63) is 0 Å². The largest absolute Gasteiger partial charge is 0.503 e. The molecule has 0 saturated carbocycles. The van der Waals surface area contributed by atoms with Gasteiger partial charge in [0.1, 0.15) is 0 Å². The smallest absolute Gasteiger partial charge is 0.450 e. The SMILES string of the molecule is C1CSSS1.O=C(O)O. The molecule has 0 amide bonds. The molecule has 1 heterocycles. The Bertz CT molecular complexity index is 70.8. The molecule has 1 fully saturated rings. The van der Waals surface area contributed by atoms with Crippen LogP contribution in [0.5, 0.6) is 0 Å². The van der Waals surface area contributed by atoms with E-state index in [1.165, 1.54) is 11.5 Å². The van der Waals surface area contributed by atoms with E-state index in [0.29, 0.717) is 0 Å². The van der Waals surface area contributed by atoms with Crippen LogP contribution in [0, 0.1) is 0 Å². The molecule has 1 rings (SSSR count). The van der Waals surface area contributed by atoms with Crippen LogP contribution in [0.4, 0.5) is 4.79 Å². The molecule has 0 aromatic heterocycles. The molecule has 1 aliphatic rings. The van der Waals surface area contributed by atoms with Crippen LogP contribution in [0.2, 0.25) is 0 Å². The topological polar surface area (TPSA) is 57.5 Å². The fourth-order valence-corrected chi connectivity index (χ4v) is 4.59. The van der Waals surface area contributed by atoms with Gasteiger partial charge in [0.2, 0.25) is 0 Å². The van der Waals surface area contributed by atoms with Crippen LogP contribution in [0.15, 0.2) is 0 Å². The molecule has 1 saturated heterocycles. The van der Waals surface area contributed by atoms with Crippen molar-refractivity contribution in [1.82, 2.24) is 0 Å². The van der Waals surface area contributed by atoms with Crippen LogP contribution >= 0.6 is 31.4 Å². The highest BCUT2D eigenvalue weighted by Gasteiger charge is 1.97. The summed E-state index contributed by atoms with van der Waals surface area (Å²) >= 11 is 0. The third-order valence-corrected chi connectivity index (χ3v) is 4.85. The Morgan fingerprint density at radius 1 is 1.22 bits per heavy atom. The number of carboxylic acid groups (broad SMARTS) is 2. The molecule has 54 valence electrons. The van der Waals surface area contributed by atoms with Gasteiger partial charge in [-0.2, -0.15) is 0 Å². The van der Waals surface area contributed by atoms with Crippen molar-refractivity contribution in [2.24, 2.45) is 0 Å². The summed E-state index contributed by atoms with van der Waals surface area (Å²) in [7, 11) is 5.81. The highest BCUT2D eigenvalue weighted by atomic mass is 33.5. The maximum atomic E-state index is 8.56. The minimum atomic E-state index is -1.83. The molecule has 2 N–H and O–H groups in total. The van der Waals surface area contributed by atoms with Crippen molar-refractivity contribution in [3.8, 4) is 0 Å². The molecule has 1 aliphatic heterocycles. The molecule has 3 nitrogen and oxygen atoms in total. The second-order valence-electron chi connectivity index (χ2n) is 0.995. The maximum absolute atomic E-state index is 8.56. The zero-order chi connectivity index (χ0) is 7.11. The molecule has 6 heteroatoms. The Kier molecular flexibility index (Phi) is 6.67. The summed E-state index contributed by atoms with van der Waals surface area (Å²) in [5, 5.41) is 13.9. The van der Waals surface area contributed by atoms with E-state index in [-0.39, 0.29) is 0 Å². The number of rotatable bonds is 0. The van der Waals surface area contributed by atoms with E-state index in [1.54, 1.807) is 0 Å². The van der Waals surface area contributed by atoms with Gasteiger partial charge in [-0.3, -0.25) is 0 Å². The lowest BCUT2D eigenvalue weighted by Gasteiger charge is -1.67. The second kappa shape index (κ2) is 6.44. The molecule has 0 aliphatic carbocycles. The number of carbonyl (C=O) groups is 1. The van der Waals surface area contributed by atoms with Gasteiger partial charge in [-0.25, -0.2) is 4.79 Å². The molecular weight excluding hydrogens is 180 g/mol. The van der Waals surface area contributed by atoms with Crippen molar-refractivity contribution in [3.63, 3.8) is 0 Å². The Hall–Kier alpha value is 0.320. The van der Waals surface area contributed by atoms with Crippen molar-refractivity contribution in [1.29, 1.82) is 0 Å². The van der Waals surface area contributed by atoms with Gasteiger partial charge in [0.25, 0.3) is 0 Å². The van der Waals surface area contributed by atoms with Gasteiger partial charge in [-0.1, -0.05) is 21.6 Å². The van der Waals surface area contributed by atoms with Gasteiger partial charge in [-0.05, 0) is 9.83 Å². The summed E-state index contributed by atoms with van der Waals surface area (Å²) < 4.78 is 0. The average molecular weight is 186 g/mol. The highest BCUT2D eigenvalue weighted by Crippen LogP contribution is 2.41. The van der Waals surface area contributed by atoms with Crippen LogP contribution in [0.25, 0.3) is 0 Å². The molecular formula is C3H6O3S3. The first kappa shape index (κ1) is 9.32. The summed E-state index contributed by atoms with van der Waals surface area (Å²) in [6.45, 7) is 0. The maximum Gasteiger partial charge on any atom is 0.503 e. The normalized spacial score (nSPS) is 16.0. The molecule has 0 radical (unpaired) electrons. The van der Waals surface area contributed by atoms with Crippen LogP contribution in [-0.4, -0.2) is 27.9 Å². The van der Waals surface area contributed by atoms with Crippen molar-refractivity contribution < 1.29 is 15.0 Å². The summed E-state index contributed by atoms with van der Waals surface area (Å²) in [5.41, 5.74) is 0. The summed E-state index contributed by atoms with van der Waals surface area (Å²) in [4.78, 5) is 8.56. The standard InChI is InChI=1S/C2H4S3.CH2O3/c1-2-4-5-3-1;2-1(3)4/h1-2H2;(H2,2,3,4). The summed E-state index contributed by atoms with van der Waals surface area (Å²) in [6.07, 6.45) is -1.83. The second-order valence-corrected chi connectivity index (χ2v) is 5.47. The van der Waals surface area contributed by atoms with Gasteiger partial charge in [0.05, 0.1) is 0 Å². The van der Waals surface area contributed by atoms with Crippen LogP contribution in [-0.2, 0) is 0 Å². The molecule has 0 aromatic carbocycles. The van der Waals surface area contributed by atoms with Crippen molar-refractivity contribution in [2.75, 3.05) is 11.5 Å². The molecule has 0 unspecified atom stereocenters. The highest BCUT2D eigenvalue weighted by molar-refractivity contribution is 9.10. The molecule has 0 spiro atoms. The minimum absolute atomic E-state index is 1.34. The Morgan fingerprint density at radius 2 is 1.56 bits per heavy atom.